The van der Waals surface area contributed by atoms with Gasteiger partial charge in [-0.3, -0.25) is 0 Å². The summed E-state index contributed by atoms with van der Waals surface area (Å²) in [5, 5.41) is 17.8. The highest BCUT2D eigenvalue weighted by Gasteiger charge is 1.95. The Bertz CT molecular complexity index is 361. The van der Waals surface area contributed by atoms with Gasteiger partial charge in [-0.2, -0.15) is 5.26 Å². The molecule has 0 spiro atoms. The molecule has 0 aliphatic heterocycles. The summed E-state index contributed by atoms with van der Waals surface area (Å²) in [4.78, 5) is 0. The second kappa shape index (κ2) is 4.32. The molecular weight excluding hydrogens is 162 g/mol. The molecule has 66 valence electrons. The number of allylic oxidation sites excluding steroid dienone is 1. The van der Waals surface area contributed by atoms with E-state index in [2.05, 4.69) is 0 Å². The third-order valence-corrected chi connectivity index (χ3v) is 1.69. The van der Waals surface area contributed by atoms with E-state index in [-0.39, 0.29) is 5.75 Å². The molecule has 0 aromatic heterocycles. The van der Waals surface area contributed by atoms with Gasteiger partial charge in [0, 0.05) is 5.56 Å². The van der Waals surface area contributed by atoms with E-state index in [1.54, 1.807) is 18.2 Å². The van der Waals surface area contributed by atoms with Crippen LogP contribution in [0.2, 0.25) is 0 Å². The third kappa shape index (κ3) is 2.64. The van der Waals surface area contributed by atoms with Crippen molar-refractivity contribution in [3.05, 3.63) is 35.4 Å². The number of rotatable bonds is 2. The average molecular weight is 173 g/mol. The number of benzene rings is 1. The fourth-order valence-corrected chi connectivity index (χ4v) is 1.03. The van der Waals surface area contributed by atoms with Gasteiger partial charge < -0.3 is 5.11 Å². The Kier molecular flexibility index (Phi) is 3.10. The van der Waals surface area contributed by atoms with Crippen molar-refractivity contribution in [2.75, 3.05) is 0 Å². The predicted molar refractivity (Wildman–Crippen MR) is 52.1 cm³/mol. The molecule has 0 unspecified atom stereocenters. The van der Waals surface area contributed by atoms with E-state index < -0.39 is 0 Å². The minimum atomic E-state index is 0.259. The molecule has 2 nitrogen and oxygen atoms in total. The molecule has 1 aromatic carbocycles. The SMILES string of the molecule is Cc1ccc(C=CCC#N)c(O)c1. The van der Waals surface area contributed by atoms with Crippen molar-refractivity contribution in [1.29, 1.82) is 5.26 Å². The number of nitriles is 1. The Morgan fingerprint density at radius 3 is 2.92 bits per heavy atom. The molecule has 0 fully saturated rings. The minimum absolute atomic E-state index is 0.259. The van der Waals surface area contributed by atoms with Crippen LogP contribution in [0.3, 0.4) is 0 Å². The van der Waals surface area contributed by atoms with Crippen LogP contribution in [-0.2, 0) is 0 Å². The van der Waals surface area contributed by atoms with Gasteiger partial charge >= 0.3 is 0 Å². The van der Waals surface area contributed by atoms with E-state index in [0.29, 0.717) is 6.42 Å². The maximum Gasteiger partial charge on any atom is 0.123 e. The maximum absolute atomic E-state index is 9.46. The molecule has 0 radical (unpaired) electrons. The molecule has 1 rings (SSSR count). The highest BCUT2D eigenvalue weighted by Crippen LogP contribution is 2.19. The topological polar surface area (TPSA) is 44.0 Å². The molecule has 1 aromatic rings. The number of nitrogens with zero attached hydrogens (tertiary/aromatic N) is 1. The lowest BCUT2D eigenvalue weighted by molar-refractivity contribution is 0.473. The van der Waals surface area contributed by atoms with Gasteiger partial charge in [0.1, 0.15) is 5.75 Å². The summed E-state index contributed by atoms with van der Waals surface area (Å²) >= 11 is 0. The molecule has 13 heavy (non-hydrogen) atoms. The van der Waals surface area contributed by atoms with Crippen LogP contribution in [0.15, 0.2) is 24.3 Å². The zero-order chi connectivity index (χ0) is 9.68. The zero-order valence-corrected chi connectivity index (χ0v) is 7.49. The van der Waals surface area contributed by atoms with Crippen molar-refractivity contribution in [2.24, 2.45) is 0 Å². The quantitative estimate of drug-likeness (QED) is 0.747. The first-order chi connectivity index (χ1) is 6.24. The third-order valence-electron chi connectivity index (χ3n) is 1.69. The van der Waals surface area contributed by atoms with Crippen LogP contribution in [0, 0.1) is 18.3 Å². The Hall–Kier alpha value is -1.75. The summed E-state index contributed by atoms with van der Waals surface area (Å²) in [5.74, 6) is 0.259. The summed E-state index contributed by atoms with van der Waals surface area (Å²) < 4.78 is 0. The molecule has 0 amide bonds. The van der Waals surface area contributed by atoms with Gasteiger partial charge in [0.15, 0.2) is 0 Å². The predicted octanol–water partition coefficient (Wildman–Crippen LogP) is 2.63. The fourth-order valence-electron chi connectivity index (χ4n) is 1.03. The molecule has 0 aliphatic carbocycles. The summed E-state index contributed by atoms with van der Waals surface area (Å²) in [6.45, 7) is 1.92. The van der Waals surface area contributed by atoms with Gasteiger partial charge in [0.05, 0.1) is 12.5 Å². The standard InChI is InChI=1S/C11H11NO/c1-9-5-6-10(11(13)8-9)4-2-3-7-12/h2,4-6,8,13H,3H2,1H3. The smallest absolute Gasteiger partial charge is 0.123 e. The highest BCUT2D eigenvalue weighted by atomic mass is 16.3. The lowest BCUT2D eigenvalue weighted by Crippen LogP contribution is -1.76. The van der Waals surface area contributed by atoms with Gasteiger partial charge in [-0.15, -0.1) is 0 Å². The van der Waals surface area contributed by atoms with Gasteiger partial charge in [-0.25, -0.2) is 0 Å². The first-order valence-electron chi connectivity index (χ1n) is 4.07. The Labute approximate surface area is 77.8 Å². The molecule has 1 N–H and O–H groups in total. The molecule has 2 heteroatoms. The number of hydrogen-bond donors (Lipinski definition) is 1. The van der Waals surface area contributed by atoms with E-state index in [1.807, 2.05) is 25.1 Å². The van der Waals surface area contributed by atoms with Crippen LogP contribution >= 0.6 is 0 Å². The van der Waals surface area contributed by atoms with E-state index in [0.717, 1.165) is 11.1 Å². The minimum Gasteiger partial charge on any atom is -0.507 e. The van der Waals surface area contributed by atoms with Gasteiger partial charge in [0.2, 0.25) is 0 Å². The Balaban J connectivity index is 2.85. The second-order valence-corrected chi connectivity index (χ2v) is 2.83. The van der Waals surface area contributed by atoms with Crippen LogP contribution in [-0.4, -0.2) is 5.11 Å². The highest BCUT2D eigenvalue weighted by molar-refractivity contribution is 5.57. The Morgan fingerprint density at radius 1 is 1.54 bits per heavy atom. The van der Waals surface area contributed by atoms with Crippen LogP contribution in [0.4, 0.5) is 0 Å². The maximum atomic E-state index is 9.46. The first kappa shape index (κ1) is 9.34. The van der Waals surface area contributed by atoms with Gasteiger partial charge in [-0.05, 0) is 18.6 Å². The summed E-state index contributed by atoms with van der Waals surface area (Å²) in [6.07, 6.45) is 3.84. The molecule has 0 heterocycles. The van der Waals surface area contributed by atoms with Crippen molar-refractivity contribution in [2.45, 2.75) is 13.3 Å². The van der Waals surface area contributed by atoms with Crippen molar-refractivity contribution in [3.63, 3.8) is 0 Å². The largest absolute Gasteiger partial charge is 0.507 e. The number of hydrogen-bond acceptors (Lipinski definition) is 2. The molecule has 0 atom stereocenters. The van der Waals surface area contributed by atoms with Gasteiger partial charge in [-0.1, -0.05) is 24.3 Å². The van der Waals surface area contributed by atoms with Crippen molar-refractivity contribution in [3.8, 4) is 11.8 Å². The zero-order valence-electron chi connectivity index (χ0n) is 7.49. The van der Waals surface area contributed by atoms with E-state index in [4.69, 9.17) is 5.26 Å². The van der Waals surface area contributed by atoms with Crippen molar-refractivity contribution in [1.82, 2.24) is 0 Å². The summed E-state index contributed by atoms with van der Waals surface area (Å²) in [6, 6.07) is 7.46. The van der Waals surface area contributed by atoms with E-state index in [9.17, 15) is 5.11 Å². The monoisotopic (exact) mass is 173 g/mol. The second-order valence-electron chi connectivity index (χ2n) is 2.83. The number of aromatic hydroxyl groups is 1. The summed E-state index contributed by atoms with van der Waals surface area (Å²) in [7, 11) is 0. The van der Waals surface area contributed by atoms with Gasteiger partial charge in [0.25, 0.3) is 0 Å². The fraction of sp³-hybridized carbons (Fsp3) is 0.182. The molecule has 0 aliphatic rings. The van der Waals surface area contributed by atoms with E-state index >= 15 is 0 Å². The molecule has 0 bridgehead atoms. The molecule has 0 saturated heterocycles. The number of phenols is 1. The van der Waals surface area contributed by atoms with E-state index in [1.165, 1.54) is 0 Å². The van der Waals surface area contributed by atoms with Crippen LogP contribution in [0.1, 0.15) is 17.5 Å². The number of aryl methyl sites for hydroxylation is 1. The number of phenolic OH excluding ortho intramolecular Hbond substituents is 1. The lowest BCUT2D eigenvalue weighted by atomic mass is 10.1. The first-order valence-corrected chi connectivity index (χ1v) is 4.07. The van der Waals surface area contributed by atoms with Crippen LogP contribution < -0.4 is 0 Å². The Morgan fingerprint density at radius 2 is 2.31 bits per heavy atom. The molecule has 0 saturated carbocycles. The van der Waals surface area contributed by atoms with Crippen LogP contribution in [0.25, 0.3) is 6.08 Å². The normalized spacial score (nSPS) is 10.2. The van der Waals surface area contributed by atoms with Crippen molar-refractivity contribution < 1.29 is 5.11 Å². The van der Waals surface area contributed by atoms with Crippen molar-refractivity contribution >= 4 is 6.08 Å². The average Bonchev–Trinajstić information content (AvgIpc) is 2.09. The summed E-state index contributed by atoms with van der Waals surface area (Å²) in [5.41, 5.74) is 1.77. The molecular formula is C11H11NO. The lowest BCUT2D eigenvalue weighted by Gasteiger charge is -1.99. The van der Waals surface area contributed by atoms with Crippen LogP contribution in [0.5, 0.6) is 5.75 Å².